The quantitative estimate of drug-likeness (QED) is 0.530. The van der Waals surface area contributed by atoms with E-state index in [1.165, 1.54) is 6.20 Å². The summed E-state index contributed by atoms with van der Waals surface area (Å²) in [5.41, 5.74) is 6.69. The second-order valence-electron chi connectivity index (χ2n) is 4.05. The number of hydrogen-bond acceptors (Lipinski definition) is 5. The van der Waals surface area contributed by atoms with Gasteiger partial charge < -0.3 is 26.1 Å². The van der Waals surface area contributed by atoms with Gasteiger partial charge in [-0.2, -0.15) is 5.10 Å². The van der Waals surface area contributed by atoms with Crippen LogP contribution in [0.1, 0.15) is 10.4 Å². The topological polar surface area (TPSA) is 162 Å². The molecule has 1 aromatic carbocycles. The van der Waals surface area contributed by atoms with Crippen LogP contribution in [0.4, 0.5) is 11.5 Å². The SMILES string of the molecule is Nc1[nH][nH+]cc1C(=O)Nc1ccccc1.O=C([O-])/C=C\C(=O)O. The Kier molecular flexibility index (Phi) is 6.53. The third-order valence-electron chi connectivity index (χ3n) is 2.35. The predicted molar refractivity (Wildman–Crippen MR) is 77.9 cm³/mol. The Bertz CT molecular complexity index is 693. The average molecular weight is 318 g/mol. The van der Waals surface area contributed by atoms with Crippen LogP contribution in [0.2, 0.25) is 0 Å². The number of para-hydroxylation sites is 1. The monoisotopic (exact) mass is 318 g/mol. The van der Waals surface area contributed by atoms with Crippen molar-refractivity contribution in [3.05, 3.63) is 54.2 Å². The highest BCUT2D eigenvalue weighted by atomic mass is 16.4. The van der Waals surface area contributed by atoms with Crippen molar-refractivity contribution in [3.8, 4) is 0 Å². The molecule has 0 radical (unpaired) electrons. The van der Waals surface area contributed by atoms with E-state index in [0.29, 0.717) is 23.5 Å². The van der Waals surface area contributed by atoms with Gasteiger partial charge in [-0.15, -0.1) is 5.10 Å². The molecule has 9 nitrogen and oxygen atoms in total. The Morgan fingerprint density at radius 2 is 1.87 bits per heavy atom. The molecule has 120 valence electrons. The first-order chi connectivity index (χ1) is 10.9. The molecule has 6 N–H and O–H groups in total. The summed E-state index contributed by atoms with van der Waals surface area (Å²) in [6.45, 7) is 0. The molecule has 2 aromatic rings. The van der Waals surface area contributed by atoms with Gasteiger partial charge in [-0.1, -0.05) is 18.2 Å². The number of benzene rings is 1. The maximum Gasteiger partial charge on any atom is 0.328 e. The van der Waals surface area contributed by atoms with Gasteiger partial charge in [-0.05, 0) is 18.2 Å². The zero-order valence-corrected chi connectivity index (χ0v) is 11.8. The van der Waals surface area contributed by atoms with Gasteiger partial charge in [0.2, 0.25) is 6.20 Å². The molecule has 1 heterocycles. The number of hydrogen-bond donors (Lipinski definition) is 4. The predicted octanol–water partition coefficient (Wildman–Crippen LogP) is -0.960. The number of anilines is 2. The van der Waals surface area contributed by atoms with Crippen molar-refractivity contribution < 1.29 is 29.7 Å². The van der Waals surface area contributed by atoms with Crippen molar-refractivity contribution in [3.63, 3.8) is 0 Å². The number of carboxylic acid groups (broad SMARTS) is 2. The van der Waals surface area contributed by atoms with E-state index in [4.69, 9.17) is 10.8 Å². The molecule has 0 aliphatic heterocycles. The molecule has 0 aliphatic carbocycles. The summed E-state index contributed by atoms with van der Waals surface area (Å²) in [5, 5.41) is 25.2. The maximum absolute atomic E-state index is 11.7. The number of nitrogen functional groups attached to an aromatic ring is 1. The first-order valence-corrected chi connectivity index (χ1v) is 6.23. The lowest BCUT2D eigenvalue weighted by Gasteiger charge is -2.01. The molecule has 0 atom stereocenters. The molecule has 0 fully saturated rings. The van der Waals surface area contributed by atoms with Crippen LogP contribution in [0.25, 0.3) is 0 Å². The molecule has 0 aliphatic rings. The minimum absolute atomic E-state index is 0.240. The van der Waals surface area contributed by atoms with Gasteiger partial charge in [0.25, 0.3) is 5.91 Å². The number of amides is 1. The number of aromatic amines is 2. The van der Waals surface area contributed by atoms with E-state index in [9.17, 15) is 19.5 Å². The molecule has 0 bridgehead atoms. The lowest BCUT2D eigenvalue weighted by atomic mass is 10.2. The van der Waals surface area contributed by atoms with E-state index in [2.05, 4.69) is 15.5 Å². The molecular weight excluding hydrogens is 304 g/mol. The number of aromatic nitrogens is 2. The number of carboxylic acids is 2. The number of rotatable bonds is 4. The van der Waals surface area contributed by atoms with E-state index >= 15 is 0 Å². The van der Waals surface area contributed by atoms with Gasteiger partial charge in [-0.3, -0.25) is 4.79 Å². The highest BCUT2D eigenvalue weighted by Gasteiger charge is 2.14. The van der Waals surface area contributed by atoms with Gasteiger partial charge in [0, 0.05) is 11.8 Å². The van der Waals surface area contributed by atoms with E-state index in [1.54, 1.807) is 0 Å². The van der Waals surface area contributed by atoms with E-state index < -0.39 is 11.9 Å². The summed E-state index contributed by atoms with van der Waals surface area (Å²) >= 11 is 0. The van der Waals surface area contributed by atoms with E-state index in [-0.39, 0.29) is 5.91 Å². The van der Waals surface area contributed by atoms with Gasteiger partial charge in [0.05, 0.1) is 5.97 Å². The summed E-state index contributed by atoms with van der Waals surface area (Å²) in [4.78, 5) is 30.6. The van der Waals surface area contributed by atoms with Crippen molar-refractivity contribution in [1.82, 2.24) is 5.10 Å². The maximum atomic E-state index is 11.7. The Morgan fingerprint density at radius 1 is 1.22 bits per heavy atom. The number of carbonyl (C=O) groups is 3. The van der Waals surface area contributed by atoms with Crippen LogP contribution in [0, 0.1) is 0 Å². The zero-order valence-electron chi connectivity index (χ0n) is 11.8. The Hall–Kier alpha value is -3.62. The standard InChI is InChI=1S/C10H10N4O.C4H4O4/c11-9-8(6-12-14-9)10(15)13-7-4-2-1-3-5-7;5-3(6)1-2-4(7)8/h1-6H,(H,13,15)(H3,11,12,14);1-2H,(H,5,6)(H,7,8)/b;2-1-. The average Bonchev–Trinajstić information content (AvgIpc) is 2.93. The number of H-pyrrole nitrogens is 2. The summed E-state index contributed by atoms with van der Waals surface area (Å²) in [6, 6.07) is 9.20. The fraction of sp³-hybridized carbons (Fsp3) is 0. The summed E-state index contributed by atoms with van der Waals surface area (Å²) in [7, 11) is 0. The Morgan fingerprint density at radius 3 is 2.30 bits per heavy atom. The van der Waals surface area contributed by atoms with Crippen LogP contribution in [0.5, 0.6) is 0 Å². The molecule has 0 saturated heterocycles. The second kappa shape index (κ2) is 8.62. The molecular formula is C14H14N4O5. The summed E-state index contributed by atoms with van der Waals surface area (Å²) in [5.74, 6) is -2.72. The highest BCUT2D eigenvalue weighted by Crippen LogP contribution is 2.10. The van der Waals surface area contributed by atoms with Crippen LogP contribution >= 0.6 is 0 Å². The lowest BCUT2D eigenvalue weighted by molar-refractivity contribution is -0.447. The van der Waals surface area contributed by atoms with Gasteiger partial charge >= 0.3 is 5.97 Å². The highest BCUT2D eigenvalue weighted by molar-refractivity contribution is 6.06. The second-order valence-corrected chi connectivity index (χ2v) is 4.05. The van der Waals surface area contributed by atoms with Crippen LogP contribution in [-0.4, -0.2) is 28.1 Å². The van der Waals surface area contributed by atoms with Crippen LogP contribution in [0.15, 0.2) is 48.7 Å². The third kappa shape index (κ3) is 6.58. The van der Waals surface area contributed by atoms with Crippen molar-refractivity contribution >= 4 is 29.4 Å². The van der Waals surface area contributed by atoms with Crippen LogP contribution < -0.4 is 21.3 Å². The minimum atomic E-state index is -1.51. The first kappa shape index (κ1) is 17.4. The van der Waals surface area contributed by atoms with Crippen LogP contribution in [0.3, 0.4) is 0 Å². The van der Waals surface area contributed by atoms with Gasteiger partial charge in [0.1, 0.15) is 0 Å². The Balaban J connectivity index is 0.000000284. The fourth-order valence-corrected chi connectivity index (χ4v) is 1.38. The molecule has 1 aromatic heterocycles. The summed E-state index contributed by atoms with van der Waals surface area (Å²) in [6.07, 6.45) is 2.46. The van der Waals surface area contributed by atoms with Crippen LogP contribution in [-0.2, 0) is 9.59 Å². The number of carbonyl (C=O) groups excluding carboxylic acids is 2. The first-order valence-electron chi connectivity index (χ1n) is 6.23. The summed E-state index contributed by atoms with van der Waals surface area (Å²) < 4.78 is 0. The van der Waals surface area contributed by atoms with Gasteiger partial charge in [0.15, 0.2) is 11.4 Å². The molecule has 0 spiro atoms. The smallest absolute Gasteiger partial charge is 0.328 e. The molecule has 23 heavy (non-hydrogen) atoms. The number of aliphatic carboxylic acids is 2. The normalized spacial score (nSPS) is 9.74. The van der Waals surface area contributed by atoms with Crippen molar-refractivity contribution in [1.29, 1.82) is 0 Å². The minimum Gasteiger partial charge on any atom is -0.545 e. The molecule has 2 rings (SSSR count). The van der Waals surface area contributed by atoms with E-state index in [1.807, 2.05) is 30.3 Å². The van der Waals surface area contributed by atoms with Crippen molar-refractivity contribution in [2.45, 2.75) is 0 Å². The zero-order chi connectivity index (χ0) is 17.2. The fourth-order valence-electron chi connectivity index (χ4n) is 1.38. The molecule has 1 amide bonds. The molecule has 0 unspecified atom stereocenters. The molecule has 9 heteroatoms. The third-order valence-corrected chi connectivity index (χ3v) is 2.35. The van der Waals surface area contributed by atoms with Gasteiger partial charge in [-0.25, -0.2) is 4.79 Å². The lowest BCUT2D eigenvalue weighted by Crippen LogP contribution is -2.19. The number of nitrogens with two attached hydrogens (primary N) is 1. The number of nitrogens with one attached hydrogen (secondary N) is 3. The van der Waals surface area contributed by atoms with Crippen molar-refractivity contribution in [2.75, 3.05) is 11.1 Å². The molecule has 0 saturated carbocycles. The largest absolute Gasteiger partial charge is 0.545 e. The van der Waals surface area contributed by atoms with E-state index in [0.717, 1.165) is 5.69 Å². The Labute approximate surface area is 130 Å². The van der Waals surface area contributed by atoms with Crippen molar-refractivity contribution in [2.24, 2.45) is 0 Å².